The summed E-state index contributed by atoms with van der Waals surface area (Å²) in [4.78, 5) is 3.91. The van der Waals surface area contributed by atoms with Crippen molar-refractivity contribution in [2.75, 3.05) is 7.11 Å². The van der Waals surface area contributed by atoms with Crippen molar-refractivity contribution < 1.29 is 13.5 Å². The van der Waals surface area contributed by atoms with E-state index in [4.69, 9.17) is 10.00 Å². The lowest BCUT2D eigenvalue weighted by Gasteiger charge is -2.09. The van der Waals surface area contributed by atoms with E-state index in [1.165, 1.54) is 13.2 Å². The minimum atomic E-state index is -2.59. The number of pyridine rings is 1. The van der Waals surface area contributed by atoms with Crippen LogP contribution >= 0.6 is 22.6 Å². The third-order valence-corrected chi connectivity index (χ3v) is 2.61. The molecule has 0 saturated carbocycles. The summed E-state index contributed by atoms with van der Waals surface area (Å²) in [6, 6.07) is 3.13. The average molecular weight is 324 g/mol. The molecule has 0 spiro atoms. The lowest BCUT2D eigenvalue weighted by Crippen LogP contribution is -2.01. The molecule has 1 aromatic heterocycles. The molecule has 0 aliphatic rings. The fraction of sp³-hybridized carbons (Fsp3) is 0.333. The molecular weight excluding hydrogens is 317 g/mol. The molecule has 1 heterocycles. The van der Waals surface area contributed by atoms with Gasteiger partial charge in [0.05, 0.1) is 30.9 Å². The minimum absolute atomic E-state index is 0.0443. The zero-order chi connectivity index (χ0) is 11.4. The Kier molecular flexibility index (Phi) is 4.20. The van der Waals surface area contributed by atoms with E-state index in [1.807, 2.05) is 6.07 Å². The van der Waals surface area contributed by atoms with Gasteiger partial charge in [-0.25, -0.2) is 13.8 Å². The van der Waals surface area contributed by atoms with Gasteiger partial charge >= 0.3 is 0 Å². The SMILES string of the molecule is COc1cc(C(F)F)c(I)nc1CC#N. The number of alkyl halides is 2. The van der Waals surface area contributed by atoms with Crippen LogP contribution in [0.2, 0.25) is 0 Å². The molecule has 1 rings (SSSR count). The summed E-state index contributed by atoms with van der Waals surface area (Å²) < 4.78 is 30.1. The van der Waals surface area contributed by atoms with Crippen molar-refractivity contribution in [2.24, 2.45) is 0 Å². The van der Waals surface area contributed by atoms with Crippen LogP contribution in [-0.2, 0) is 6.42 Å². The summed E-state index contributed by atoms with van der Waals surface area (Å²) in [7, 11) is 1.36. The maximum absolute atomic E-state index is 12.5. The second-order valence-electron chi connectivity index (χ2n) is 2.65. The molecule has 1 aromatic rings. The fourth-order valence-corrected chi connectivity index (χ4v) is 1.74. The Hall–Kier alpha value is -0.970. The van der Waals surface area contributed by atoms with E-state index < -0.39 is 6.43 Å². The minimum Gasteiger partial charge on any atom is -0.495 e. The van der Waals surface area contributed by atoms with Crippen LogP contribution in [0.5, 0.6) is 5.75 Å². The number of halogens is 3. The smallest absolute Gasteiger partial charge is 0.266 e. The van der Waals surface area contributed by atoms with E-state index in [2.05, 4.69) is 4.98 Å². The molecule has 0 aromatic carbocycles. The lowest BCUT2D eigenvalue weighted by atomic mass is 10.2. The predicted molar refractivity (Wildman–Crippen MR) is 57.8 cm³/mol. The normalized spacial score (nSPS) is 10.1. The van der Waals surface area contributed by atoms with E-state index in [9.17, 15) is 8.78 Å². The second kappa shape index (κ2) is 5.21. The monoisotopic (exact) mass is 324 g/mol. The first kappa shape index (κ1) is 12.1. The number of methoxy groups -OCH3 is 1. The van der Waals surface area contributed by atoms with Gasteiger partial charge < -0.3 is 4.74 Å². The highest BCUT2D eigenvalue weighted by Gasteiger charge is 2.17. The first-order valence-electron chi connectivity index (χ1n) is 3.98. The van der Waals surface area contributed by atoms with Crippen LogP contribution in [0.3, 0.4) is 0 Å². The number of hydrogen-bond acceptors (Lipinski definition) is 3. The van der Waals surface area contributed by atoms with Crippen molar-refractivity contribution in [3.63, 3.8) is 0 Å². The molecule has 0 aliphatic carbocycles. The molecule has 3 nitrogen and oxygen atoms in total. The Labute approximate surface area is 99.2 Å². The van der Waals surface area contributed by atoms with Crippen molar-refractivity contribution in [2.45, 2.75) is 12.8 Å². The van der Waals surface area contributed by atoms with E-state index in [-0.39, 0.29) is 21.4 Å². The highest BCUT2D eigenvalue weighted by atomic mass is 127. The van der Waals surface area contributed by atoms with Crippen molar-refractivity contribution in [3.8, 4) is 11.8 Å². The van der Waals surface area contributed by atoms with Gasteiger partial charge in [0, 0.05) is 0 Å². The molecule has 0 amide bonds. The summed E-state index contributed by atoms with van der Waals surface area (Å²) in [6.45, 7) is 0. The Morgan fingerprint density at radius 2 is 2.33 bits per heavy atom. The zero-order valence-corrected chi connectivity index (χ0v) is 9.96. The summed E-state index contributed by atoms with van der Waals surface area (Å²) >= 11 is 1.72. The van der Waals surface area contributed by atoms with Crippen molar-refractivity contribution in [1.82, 2.24) is 4.98 Å². The molecular formula is C9H7F2IN2O. The largest absolute Gasteiger partial charge is 0.495 e. The van der Waals surface area contributed by atoms with Crippen LogP contribution in [0.4, 0.5) is 8.78 Å². The van der Waals surface area contributed by atoms with Gasteiger partial charge in [0.1, 0.15) is 9.45 Å². The third kappa shape index (κ3) is 2.75. The van der Waals surface area contributed by atoms with Crippen molar-refractivity contribution >= 4 is 22.6 Å². The molecule has 0 saturated heterocycles. The number of nitrogens with zero attached hydrogens (tertiary/aromatic N) is 2. The Balaban J connectivity index is 3.24. The van der Waals surface area contributed by atoms with Gasteiger partial charge in [-0.15, -0.1) is 0 Å². The average Bonchev–Trinajstić information content (AvgIpc) is 2.18. The first-order chi connectivity index (χ1) is 7.10. The van der Waals surface area contributed by atoms with Gasteiger partial charge in [-0.3, -0.25) is 0 Å². The zero-order valence-electron chi connectivity index (χ0n) is 7.80. The third-order valence-electron chi connectivity index (χ3n) is 1.74. The van der Waals surface area contributed by atoms with Gasteiger partial charge in [-0.05, 0) is 28.7 Å². The van der Waals surface area contributed by atoms with Crippen LogP contribution in [0, 0.1) is 15.0 Å². The molecule has 0 bridgehead atoms. The van der Waals surface area contributed by atoms with Crippen molar-refractivity contribution in [1.29, 1.82) is 5.26 Å². The topological polar surface area (TPSA) is 45.9 Å². The van der Waals surface area contributed by atoms with Crippen LogP contribution in [-0.4, -0.2) is 12.1 Å². The van der Waals surface area contributed by atoms with Crippen molar-refractivity contribution in [3.05, 3.63) is 21.0 Å². The molecule has 0 radical (unpaired) electrons. The Morgan fingerprint density at radius 3 is 2.80 bits per heavy atom. The molecule has 6 heteroatoms. The van der Waals surface area contributed by atoms with Crippen LogP contribution < -0.4 is 4.74 Å². The van der Waals surface area contributed by atoms with Gasteiger partial charge in [-0.1, -0.05) is 0 Å². The van der Waals surface area contributed by atoms with Gasteiger partial charge in [0.15, 0.2) is 0 Å². The first-order valence-corrected chi connectivity index (χ1v) is 5.06. The fourth-order valence-electron chi connectivity index (χ4n) is 1.05. The van der Waals surface area contributed by atoms with Crippen LogP contribution in [0.25, 0.3) is 0 Å². The number of nitriles is 1. The van der Waals surface area contributed by atoms with Gasteiger partial charge in [0.25, 0.3) is 6.43 Å². The van der Waals surface area contributed by atoms with Gasteiger partial charge in [-0.2, -0.15) is 5.26 Å². The maximum atomic E-state index is 12.5. The number of ether oxygens (including phenoxy) is 1. The Morgan fingerprint density at radius 1 is 1.67 bits per heavy atom. The Bertz CT molecular complexity index is 404. The highest BCUT2D eigenvalue weighted by molar-refractivity contribution is 14.1. The van der Waals surface area contributed by atoms with Crippen LogP contribution in [0.1, 0.15) is 17.7 Å². The quantitative estimate of drug-likeness (QED) is 0.634. The predicted octanol–water partition coefficient (Wildman–Crippen LogP) is 2.70. The lowest BCUT2D eigenvalue weighted by molar-refractivity contribution is 0.149. The summed E-state index contributed by atoms with van der Waals surface area (Å²) in [5, 5.41) is 8.51. The van der Waals surface area contributed by atoms with E-state index in [0.29, 0.717) is 5.69 Å². The molecule has 0 N–H and O–H groups in total. The number of aromatic nitrogens is 1. The van der Waals surface area contributed by atoms with E-state index >= 15 is 0 Å². The van der Waals surface area contributed by atoms with E-state index in [0.717, 1.165) is 0 Å². The van der Waals surface area contributed by atoms with Gasteiger partial charge in [0.2, 0.25) is 0 Å². The molecule has 80 valence electrons. The highest BCUT2D eigenvalue weighted by Crippen LogP contribution is 2.29. The maximum Gasteiger partial charge on any atom is 0.266 e. The second-order valence-corrected chi connectivity index (χ2v) is 3.67. The summed E-state index contributed by atoms with van der Waals surface area (Å²) in [5.41, 5.74) is 0.211. The van der Waals surface area contributed by atoms with E-state index in [1.54, 1.807) is 22.6 Å². The molecule has 0 aliphatic heterocycles. The standard InChI is InChI=1S/C9H7F2IN2O/c1-15-7-4-5(8(10)11)9(12)14-6(7)2-3-13/h4,8H,2H2,1H3. The molecule has 0 atom stereocenters. The molecule has 0 unspecified atom stereocenters. The summed E-state index contributed by atoms with van der Waals surface area (Å²) in [5.74, 6) is 0.229. The number of rotatable bonds is 3. The van der Waals surface area contributed by atoms with Crippen LogP contribution in [0.15, 0.2) is 6.07 Å². The molecule has 15 heavy (non-hydrogen) atoms. The number of hydrogen-bond donors (Lipinski definition) is 0. The molecule has 0 fully saturated rings. The summed E-state index contributed by atoms with van der Waals surface area (Å²) in [6.07, 6.45) is -2.54.